The summed E-state index contributed by atoms with van der Waals surface area (Å²) in [5, 5.41) is 9.30. The van der Waals surface area contributed by atoms with Crippen LogP contribution in [0.4, 0.5) is 4.79 Å². The van der Waals surface area contributed by atoms with E-state index >= 15 is 0 Å². The van der Waals surface area contributed by atoms with Gasteiger partial charge >= 0.3 is 12.1 Å². The Bertz CT molecular complexity index is 418. The largest absolute Gasteiger partial charge is 0.481 e. The van der Waals surface area contributed by atoms with Crippen LogP contribution < -0.4 is 0 Å². The van der Waals surface area contributed by atoms with E-state index in [0.717, 1.165) is 12.8 Å². The predicted molar refractivity (Wildman–Crippen MR) is 75.9 cm³/mol. The first-order chi connectivity index (χ1) is 9.99. The molecule has 2 unspecified atom stereocenters. The molecule has 0 spiro atoms. The Morgan fingerprint density at radius 3 is 2.71 bits per heavy atom. The highest BCUT2D eigenvalue weighted by molar-refractivity contribution is 5.75. The van der Waals surface area contributed by atoms with Crippen molar-refractivity contribution in [1.29, 1.82) is 0 Å². The zero-order valence-electron chi connectivity index (χ0n) is 12.4. The molecule has 6 heteroatoms. The molecule has 1 amide bonds. The molecule has 2 fully saturated rings. The van der Waals surface area contributed by atoms with Gasteiger partial charge in [0.15, 0.2) is 0 Å². The van der Waals surface area contributed by atoms with Crippen LogP contribution in [0, 0.1) is 11.8 Å². The molecule has 2 aliphatic heterocycles. The van der Waals surface area contributed by atoms with Crippen molar-refractivity contribution in [2.75, 3.05) is 26.4 Å². The molecule has 0 aromatic rings. The highest BCUT2D eigenvalue weighted by atomic mass is 16.6. The fourth-order valence-corrected chi connectivity index (χ4v) is 3.47. The Kier molecular flexibility index (Phi) is 4.88. The Hall–Kier alpha value is -1.56. The Morgan fingerprint density at radius 2 is 2.14 bits per heavy atom. The van der Waals surface area contributed by atoms with Gasteiger partial charge in [-0.3, -0.25) is 4.79 Å². The molecular weight excluding hydrogens is 274 g/mol. The lowest BCUT2D eigenvalue weighted by Gasteiger charge is -2.42. The zero-order valence-corrected chi connectivity index (χ0v) is 12.4. The van der Waals surface area contributed by atoms with Crippen LogP contribution in [0.5, 0.6) is 0 Å². The van der Waals surface area contributed by atoms with E-state index < -0.39 is 23.5 Å². The van der Waals surface area contributed by atoms with E-state index in [0.29, 0.717) is 19.6 Å². The van der Waals surface area contributed by atoms with Gasteiger partial charge in [0.1, 0.15) is 6.61 Å². The number of ether oxygens (including phenoxy) is 2. The summed E-state index contributed by atoms with van der Waals surface area (Å²) in [6.07, 6.45) is 3.21. The van der Waals surface area contributed by atoms with Crippen LogP contribution in [-0.4, -0.2) is 54.0 Å². The molecule has 2 heterocycles. The predicted octanol–water partition coefficient (Wildman–Crippen LogP) is 1.90. The number of carboxylic acid groups (broad SMARTS) is 1. The van der Waals surface area contributed by atoms with Gasteiger partial charge in [0.25, 0.3) is 0 Å². The Labute approximate surface area is 124 Å². The van der Waals surface area contributed by atoms with E-state index in [1.807, 2.05) is 6.92 Å². The Morgan fingerprint density at radius 1 is 1.48 bits per heavy atom. The molecule has 0 saturated carbocycles. The van der Waals surface area contributed by atoms with Crippen LogP contribution in [-0.2, 0) is 14.3 Å². The van der Waals surface area contributed by atoms with Crippen molar-refractivity contribution in [3.05, 3.63) is 12.7 Å². The van der Waals surface area contributed by atoms with Crippen molar-refractivity contribution < 1.29 is 24.2 Å². The number of carboxylic acids is 1. The van der Waals surface area contributed by atoms with Crippen molar-refractivity contribution in [2.45, 2.75) is 31.7 Å². The number of hydrogen-bond donors (Lipinski definition) is 1. The van der Waals surface area contributed by atoms with Crippen molar-refractivity contribution >= 4 is 12.1 Å². The van der Waals surface area contributed by atoms with Crippen LogP contribution in [0.25, 0.3) is 0 Å². The molecule has 2 rings (SSSR count). The number of amides is 1. The molecule has 2 aliphatic rings. The highest BCUT2D eigenvalue weighted by Crippen LogP contribution is 2.43. The molecular formula is C15H23NO5. The third-order valence-electron chi connectivity index (χ3n) is 4.67. The standard InChI is InChI=1S/C15H23NO5/c1-3-6-21-14(19)16-10-11(13(17)18)9-15(16,2)12-4-7-20-8-5-12/h3,11-12H,1,4-10H2,2H3,(H,17,18). The minimum absolute atomic E-state index is 0.136. The molecule has 6 nitrogen and oxygen atoms in total. The second-order valence-corrected chi connectivity index (χ2v) is 5.96. The van der Waals surface area contributed by atoms with Gasteiger partial charge in [-0.05, 0) is 32.1 Å². The van der Waals surface area contributed by atoms with Gasteiger partial charge in [-0.1, -0.05) is 12.7 Å². The molecule has 2 atom stereocenters. The van der Waals surface area contributed by atoms with E-state index in [1.165, 1.54) is 6.08 Å². The highest BCUT2D eigenvalue weighted by Gasteiger charge is 2.51. The Balaban J connectivity index is 2.18. The molecule has 1 N–H and O–H groups in total. The van der Waals surface area contributed by atoms with Crippen molar-refractivity contribution in [2.24, 2.45) is 11.8 Å². The maximum absolute atomic E-state index is 12.3. The van der Waals surface area contributed by atoms with E-state index in [-0.39, 0.29) is 19.1 Å². The van der Waals surface area contributed by atoms with Gasteiger partial charge in [-0.2, -0.15) is 0 Å². The summed E-state index contributed by atoms with van der Waals surface area (Å²) >= 11 is 0. The van der Waals surface area contributed by atoms with Crippen LogP contribution in [0.1, 0.15) is 26.2 Å². The maximum Gasteiger partial charge on any atom is 0.410 e. The first-order valence-electron chi connectivity index (χ1n) is 7.35. The minimum Gasteiger partial charge on any atom is -0.481 e. The topological polar surface area (TPSA) is 76.1 Å². The van der Waals surface area contributed by atoms with E-state index in [1.54, 1.807) is 4.90 Å². The van der Waals surface area contributed by atoms with Crippen LogP contribution in [0.3, 0.4) is 0 Å². The maximum atomic E-state index is 12.3. The SMILES string of the molecule is C=CCOC(=O)N1CC(C(=O)O)CC1(C)C1CCOCC1. The fraction of sp³-hybridized carbons (Fsp3) is 0.733. The summed E-state index contributed by atoms with van der Waals surface area (Å²) in [6, 6.07) is 0. The normalized spacial score (nSPS) is 30.1. The fourth-order valence-electron chi connectivity index (χ4n) is 3.47. The summed E-state index contributed by atoms with van der Waals surface area (Å²) in [4.78, 5) is 25.2. The second-order valence-electron chi connectivity index (χ2n) is 5.96. The van der Waals surface area contributed by atoms with E-state index in [2.05, 4.69) is 6.58 Å². The minimum atomic E-state index is -0.854. The second kappa shape index (κ2) is 6.47. The van der Waals surface area contributed by atoms with Crippen molar-refractivity contribution in [3.8, 4) is 0 Å². The van der Waals surface area contributed by atoms with Crippen molar-refractivity contribution in [3.63, 3.8) is 0 Å². The van der Waals surface area contributed by atoms with E-state index in [4.69, 9.17) is 9.47 Å². The summed E-state index contributed by atoms with van der Waals surface area (Å²) in [7, 11) is 0. The summed E-state index contributed by atoms with van der Waals surface area (Å²) in [6.45, 7) is 7.16. The molecule has 2 saturated heterocycles. The average molecular weight is 297 g/mol. The molecule has 21 heavy (non-hydrogen) atoms. The number of carbonyl (C=O) groups is 2. The van der Waals surface area contributed by atoms with Crippen LogP contribution >= 0.6 is 0 Å². The van der Waals surface area contributed by atoms with E-state index in [9.17, 15) is 14.7 Å². The van der Waals surface area contributed by atoms with Gasteiger partial charge in [0, 0.05) is 25.3 Å². The molecule has 0 aromatic heterocycles. The number of hydrogen-bond acceptors (Lipinski definition) is 4. The smallest absolute Gasteiger partial charge is 0.410 e. The first kappa shape index (κ1) is 15.8. The van der Waals surface area contributed by atoms with Gasteiger partial charge in [-0.25, -0.2) is 4.79 Å². The third kappa shape index (κ3) is 3.20. The molecule has 0 aromatic carbocycles. The van der Waals surface area contributed by atoms with Gasteiger partial charge < -0.3 is 19.5 Å². The van der Waals surface area contributed by atoms with Crippen LogP contribution in [0.2, 0.25) is 0 Å². The number of aliphatic carboxylic acids is 1. The lowest BCUT2D eigenvalue weighted by Crippen LogP contribution is -2.51. The summed E-state index contributed by atoms with van der Waals surface area (Å²) in [5.41, 5.74) is -0.481. The van der Waals surface area contributed by atoms with Crippen molar-refractivity contribution in [1.82, 2.24) is 4.90 Å². The van der Waals surface area contributed by atoms with Gasteiger partial charge in [0.05, 0.1) is 5.92 Å². The molecule has 118 valence electrons. The zero-order chi connectivity index (χ0) is 15.5. The van der Waals surface area contributed by atoms with Gasteiger partial charge in [0.2, 0.25) is 0 Å². The quantitative estimate of drug-likeness (QED) is 0.802. The summed E-state index contributed by atoms with van der Waals surface area (Å²) in [5.74, 6) is -1.15. The lowest BCUT2D eigenvalue weighted by molar-refractivity contribution is -0.141. The number of carbonyl (C=O) groups excluding carboxylic acids is 1. The monoisotopic (exact) mass is 297 g/mol. The number of nitrogens with zero attached hydrogens (tertiary/aromatic N) is 1. The molecule has 0 bridgehead atoms. The molecule has 0 radical (unpaired) electrons. The number of likely N-dealkylation sites (tertiary alicyclic amines) is 1. The number of rotatable bonds is 4. The van der Waals surface area contributed by atoms with Crippen LogP contribution in [0.15, 0.2) is 12.7 Å². The molecule has 0 aliphatic carbocycles. The lowest BCUT2D eigenvalue weighted by atomic mass is 9.77. The van der Waals surface area contributed by atoms with Gasteiger partial charge in [-0.15, -0.1) is 0 Å². The first-order valence-corrected chi connectivity index (χ1v) is 7.35. The average Bonchev–Trinajstić information content (AvgIpc) is 2.85. The summed E-state index contributed by atoms with van der Waals surface area (Å²) < 4.78 is 10.5. The third-order valence-corrected chi connectivity index (χ3v) is 4.67.